The summed E-state index contributed by atoms with van der Waals surface area (Å²) in [5, 5.41) is 3.00. The first-order chi connectivity index (χ1) is 10.9. The molecule has 0 heterocycles. The number of amides is 1. The molecule has 0 aliphatic heterocycles. The van der Waals surface area contributed by atoms with Crippen LogP contribution in [-0.2, 0) is 4.79 Å². The molecule has 0 bridgehead atoms. The molecular weight excluding hydrogens is 332 g/mol. The number of carbonyl (C=O) groups is 1. The predicted octanol–water partition coefficient (Wildman–Crippen LogP) is 2.58. The van der Waals surface area contributed by atoms with Crippen LogP contribution in [0.4, 0.5) is 0 Å². The van der Waals surface area contributed by atoms with Crippen molar-refractivity contribution >= 4 is 18.3 Å². The van der Waals surface area contributed by atoms with Crippen LogP contribution in [0, 0.1) is 0 Å². The Hall–Kier alpha value is -1.66. The number of ether oxygens (including phenoxy) is 3. The molecule has 1 fully saturated rings. The number of hydrogen-bond acceptors (Lipinski definition) is 5. The van der Waals surface area contributed by atoms with Crippen LogP contribution < -0.4 is 25.3 Å². The molecule has 1 amide bonds. The van der Waals surface area contributed by atoms with Crippen molar-refractivity contribution < 1.29 is 19.0 Å². The lowest BCUT2D eigenvalue weighted by Crippen LogP contribution is -2.52. The summed E-state index contributed by atoms with van der Waals surface area (Å²) in [5.41, 5.74) is 6.33. The zero-order valence-electron chi connectivity index (χ0n) is 14.7. The number of halogens is 1. The summed E-state index contributed by atoms with van der Waals surface area (Å²) in [6.07, 6.45) is 3.48. The predicted molar refractivity (Wildman–Crippen MR) is 95.3 cm³/mol. The van der Waals surface area contributed by atoms with E-state index in [-0.39, 0.29) is 24.4 Å². The second-order valence-electron chi connectivity index (χ2n) is 6.02. The van der Waals surface area contributed by atoms with E-state index in [1.807, 2.05) is 19.1 Å². The van der Waals surface area contributed by atoms with Crippen molar-refractivity contribution in [3.63, 3.8) is 0 Å². The molecule has 0 radical (unpaired) electrons. The van der Waals surface area contributed by atoms with Gasteiger partial charge in [0.15, 0.2) is 11.5 Å². The molecule has 1 unspecified atom stereocenters. The lowest BCUT2D eigenvalue weighted by molar-refractivity contribution is -0.126. The molecule has 0 aromatic heterocycles. The van der Waals surface area contributed by atoms with Crippen LogP contribution >= 0.6 is 12.4 Å². The Morgan fingerprint density at radius 1 is 1.12 bits per heavy atom. The standard InChI is InChI=1S/C17H26N2O4.ClH/c1-11(19-16(20)17(18)7-5-6-8-17)12-9-13(21-2)15(23-4)14(10-12)22-3;/h9-11H,5-8,18H2,1-4H3,(H,19,20);1H. The summed E-state index contributed by atoms with van der Waals surface area (Å²) in [5.74, 6) is 1.55. The molecule has 136 valence electrons. The smallest absolute Gasteiger partial charge is 0.240 e. The van der Waals surface area contributed by atoms with E-state index in [1.165, 1.54) is 0 Å². The normalized spacial score (nSPS) is 16.7. The molecular formula is C17H27ClN2O4. The Morgan fingerprint density at radius 3 is 2.04 bits per heavy atom. The van der Waals surface area contributed by atoms with Crippen LogP contribution in [0.2, 0.25) is 0 Å². The molecule has 1 aliphatic rings. The topological polar surface area (TPSA) is 82.8 Å². The Kier molecular flexibility index (Phi) is 7.17. The van der Waals surface area contributed by atoms with E-state index in [0.717, 1.165) is 31.2 Å². The fourth-order valence-corrected chi connectivity index (χ4v) is 3.01. The maximum atomic E-state index is 12.5. The molecule has 2 rings (SSSR count). The van der Waals surface area contributed by atoms with Gasteiger partial charge in [-0.05, 0) is 37.5 Å². The van der Waals surface area contributed by atoms with E-state index in [2.05, 4.69) is 5.32 Å². The van der Waals surface area contributed by atoms with Gasteiger partial charge in [-0.1, -0.05) is 12.8 Å². The van der Waals surface area contributed by atoms with Crippen LogP contribution in [0.3, 0.4) is 0 Å². The van der Waals surface area contributed by atoms with Gasteiger partial charge in [0.1, 0.15) is 0 Å². The van der Waals surface area contributed by atoms with E-state index in [9.17, 15) is 4.79 Å². The summed E-state index contributed by atoms with van der Waals surface area (Å²) in [7, 11) is 4.69. The molecule has 7 heteroatoms. The fourth-order valence-electron chi connectivity index (χ4n) is 3.01. The first-order valence-corrected chi connectivity index (χ1v) is 7.85. The minimum absolute atomic E-state index is 0. The second kappa shape index (κ2) is 8.44. The second-order valence-corrected chi connectivity index (χ2v) is 6.02. The van der Waals surface area contributed by atoms with Crippen LogP contribution in [0.25, 0.3) is 0 Å². The Balaban J connectivity index is 0.00000288. The fraction of sp³-hybridized carbons (Fsp3) is 0.588. The number of rotatable bonds is 6. The molecule has 24 heavy (non-hydrogen) atoms. The Labute approximate surface area is 149 Å². The molecule has 1 saturated carbocycles. The summed E-state index contributed by atoms with van der Waals surface area (Å²) < 4.78 is 16.0. The molecule has 0 saturated heterocycles. The highest BCUT2D eigenvalue weighted by Gasteiger charge is 2.37. The maximum absolute atomic E-state index is 12.5. The van der Waals surface area contributed by atoms with Gasteiger partial charge in [-0.15, -0.1) is 12.4 Å². The van der Waals surface area contributed by atoms with Gasteiger partial charge >= 0.3 is 0 Å². The highest BCUT2D eigenvalue weighted by molar-refractivity contribution is 5.86. The van der Waals surface area contributed by atoms with Gasteiger partial charge in [0.2, 0.25) is 11.7 Å². The third-order valence-electron chi connectivity index (χ3n) is 4.48. The van der Waals surface area contributed by atoms with E-state index in [1.54, 1.807) is 21.3 Å². The third-order valence-corrected chi connectivity index (χ3v) is 4.48. The zero-order chi connectivity index (χ0) is 17.0. The van der Waals surface area contributed by atoms with Gasteiger partial charge in [0.05, 0.1) is 32.9 Å². The van der Waals surface area contributed by atoms with Crippen molar-refractivity contribution in [2.45, 2.75) is 44.2 Å². The monoisotopic (exact) mass is 358 g/mol. The molecule has 0 spiro atoms. The van der Waals surface area contributed by atoms with Gasteiger partial charge in [-0.2, -0.15) is 0 Å². The average Bonchev–Trinajstić information content (AvgIpc) is 3.01. The van der Waals surface area contributed by atoms with E-state index in [0.29, 0.717) is 17.2 Å². The SMILES string of the molecule is COc1cc(C(C)NC(=O)C2(N)CCCC2)cc(OC)c1OC.Cl. The quantitative estimate of drug-likeness (QED) is 0.816. The molecule has 1 atom stereocenters. The summed E-state index contributed by atoms with van der Waals surface area (Å²) >= 11 is 0. The number of methoxy groups -OCH3 is 3. The van der Waals surface area contributed by atoms with E-state index >= 15 is 0 Å². The van der Waals surface area contributed by atoms with Gasteiger partial charge < -0.3 is 25.3 Å². The first kappa shape index (κ1) is 20.4. The largest absolute Gasteiger partial charge is 0.493 e. The van der Waals surface area contributed by atoms with E-state index < -0.39 is 5.54 Å². The zero-order valence-corrected chi connectivity index (χ0v) is 15.5. The maximum Gasteiger partial charge on any atom is 0.240 e. The first-order valence-electron chi connectivity index (χ1n) is 7.85. The van der Waals surface area contributed by atoms with Crippen LogP contribution in [0.15, 0.2) is 12.1 Å². The highest BCUT2D eigenvalue weighted by Crippen LogP contribution is 2.39. The van der Waals surface area contributed by atoms with Crippen LogP contribution in [-0.4, -0.2) is 32.8 Å². The lowest BCUT2D eigenvalue weighted by atomic mass is 9.97. The molecule has 1 aliphatic carbocycles. The third kappa shape index (κ3) is 4.05. The molecule has 1 aromatic rings. The number of nitrogens with one attached hydrogen (secondary N) is 1. The van der Waals surface area contributed by atoms with Gasteiger partial charge in [-0.25, -0.2) is 0 Å². The number of benzene rings is 1. The van der Waals surface area contributed by atoms with Crippen molar-refractivity contribution in [1.29, 1.82) is 0 Å². The average molecular weight is 359 g/mol. The van der Waals surface area contributed by atoms with Crippen molar-refractivity contribution in [3.8, 4) is 17.2 Å². The van der Waals surface area contributed by atoms with E-state index in [4.69, 9.17) is 19.9 Å². The van der Waals surface area contributed by atoms with Gasteiger partial charge in [0, 0.05) is 0 Å². The Bertz CT molecular complexity index is 549. The van der Waals surface area contributed by atoms with Crippen molar-refractivity contribution in [2.75, 3.05) is 21.3 Å². The summed E-state index contributed by atoms with van der Waals surface area (Å²) in [4.78, 5) is 12.5. The summed E-state index contributed by atoms with van der Waals surface area (Å²) in [6.45, 7) is 1.91. The number of carbonyl (C=O) groups excluding carboxylic acids is 1. The number of nitrogens with two attached hydrogens (primary N) is 1. The van der Waals surface area contributed by atoms with Crippen molar-refractivity contribution in [1.82, 2.24) is 5.32 Å². The lowest BCUT2D eigenvalue weighted by Gasteiger charge is -2.26. The summed E-state index contributed by atoms with van der Waals surface area (Å²) in [6, 6.07) is 3.46. The van der Waals surface area contributed by atoms with Crippen molar-refractivity contribution in [2.24, 2.45) is 5.73 Å². The van der Waals surface area contributed by atoms with Crippen molar-refractivity contribution in [3.05, 3.63) is 17.7 Å². The molecule has 6 nitrogen and oxygen atoms in total. The highest BCUT2D eigenvalue weighted by atomic mass is 35.5. The minimum atomic E-state index is -0.741. The van der Waals surface area contributed by atoms with Crippen LogP contribution in [0.5, 0.6) is 17.2 Å². The molecule has 3 N–H and O–H groups in total. The Morgan fingerprint density at radius 2 is 1.62 bits per heavy atom. The van der Waals surface area contributed by atoms with Crippen LogP contribution in [0.1, 0.15) is 44.2 Å². The van der Waals surface area contributed by atoms with Gasteiger partial charge in [-0.3, -0.25) is 4.79 Å². The number of hydrogen-bond donors (Lipinski definition) is 2. The molecule has 1 aromatic carbocycles. The van der Waals surface area contributed by atoms with Gasteiger partial charge in [0.25, 0.3) is 0 Å². The minimum Gasteiger partial charge on any atom is -0.493 e.